The van der Waals surface area contributed by atoms with Crippen LogP contribution in [-0.4, -0.2) is 22.4 Å². The molecule has 3 nitrogen and oxygen atoms in total. The van der Waals surface area contributed by atoms with Gasteiger partial charge in [0.25, 0.3) is 0 Å². The minimum absolute atomic E-state index is 0.777. The summed E-state index contributed by atoms with van der Waals surface area (Å²) in [6.07, 6.45) is 9.60. The summed E-state index contributed by atoms with van der Waals surface area (Å²) in [4.78, 5) is 0. The van der Waals surface area contributed by atoms with Gasteiger partial charge in [0, 0.05) is 12.6 Å². The number of halogens is 1. The highest BCUT2D eigenvalue weighted by atomic mass is 35.5. The van der Waals surface area contributed by atoms with Crippen LogP contribution in [-0.2, 0) is 6.54 Å². The second-order valence-electron chi connectivity index (χ2n) is 4.94. The standard InChI is InChI=1S/C13H22ClN3/c1-11-13(14)10-16-17(11)9-5-3-2-4-8-15-12-6-7-12/h10,12,15H,2-9H2,1H3. The van der Waals surface area contributed by atoms with Crippen molar-refractivity contribution in [2.24, 2.45) is 0 Å². The summed E-state index contributed by atoms with van der Waals surface area (Å²) in [5.41, 5.74) is 1.09. The molecule has 0 saturated heterocycles. The third-order valence-corrected chi connectivity index (χ3v) is 3.72. The van der Waals surface area contributed by atoms with Crippen LogP contribution in [0.25, 0.3) is 0 Å². The first-order valence-corrected chi connectivity index (χ1v) is 7.06. The molecule has 0 spiro atoms. The lowest BCUT2D eigenvalue weighted by atomic mass is 10.2. The summed E-state index contributed by atoms with van der Waals surface area (Å²) >= 11 is 5.95. The second-order valence-corrected chi connectivity index (χ2v) is 5.35. The third-order valence-electron chi connectivity index (χ3n) is 3.35. The molecule has 1 aliphatic rings. The van der Waals surface area contributed by atoms with Gasteiger partial charge in [-0.3, -0.25) is 4.68 Å². The van der Waals surface area contributed by atoms with Gasteiger partial charge in [0.15, 0.2) is 0 Å². The molecule has 1 aromatic rings. The van der Waals surface area contributed by atoms with E-state index in [2.05, 4.69) is 10.4 Å². The Morgan fingerprint density at radius 3 is 2.76 bits per heavy atom. The van der Waals surface area contributed by atoms with Gasteiger partial charge in [0.2, 0.25) is 0 Å². The highest BCUT2D eigenvalue weighted by molar-refractivity contribution is 6.31. The molecule has 1 saturated carbocycles. The Balaban J connectivity index is 1.49. The van der Waals surface area contributed by atoms with Crippen molar-refractivity contribution in [1.29, 1.82) is 0 Å². The quantitative estimate of drug-likeness (QED) is 0.724. The fraction of sp³-hybridized carbons (Fsp3) is 0.769. The molecule has 0 aliphatic heterocycles. The maximum absolute atomic E-state index is 5.95. The minimum atomic E-state index is 0.777. The van der Waals surface area contributed by atoms with Crippen LogP contribution in [0.2, 0.25) is 5.02 Å². The molecule has 0 bridgehead atoms. The molecule has 0 radical (unpaired) electrons. The van der Waals surface area contributed by atoms with Gasteiger partial charge in [-0.1, -0.05) is 24.4 Å². The largest absolute Gasteiger partial charge is 0.314 e. The molecule has 1 aromatic heterocycles. The summed E-state index contributed by atoms with van der Waals surface area (Å²) in [6.45, 7) is 4.21. The lowest BCUT2D eigenvalue weighted by molar-refractivity contribution is 0.517. The molecule has 1 N–H and O–H groups in total. The highest BCUT2D eigenvalue weighted by Gasteiger charge is 2.19. The Morgan fingerprint density at radius 1 is 1.35 bits per heavy atom. The first kappa shape index (κ1) is 12.9. The molecule has 17 heavy (non-hydrogen) atoms. The predicted molar refractivity (Wildman–Crippen MR) is 71.5 cm³/mol. The maximum Gasteiger partial charge on any atom is 0.0814 e. The number of nitrogens with zero attached hydrogens (tertiary/aromatic N) is 2. The van der Waals surface area contributed by atoms with Gasteiger partial charge >= 0.3 is 0 Å². The molecular weight excluding hydrogens is 234 g/mol. The minimum Gasteiger partial charge on any atom is -0.314 e. The number of hydrogen-bond donors (Lipinski definition) is 1. The van der Waals surface area contributed by atoms with Crippen molar-refractivity contribution in [2.75, 3.05) is 6.54 Å². The molecule has 4 heteroatoms. The molecule has 1 heterocycles. The number of aromatic nitrogens is 2. The molecule has 0 atom stereocenters. The molecule has 0 unspecified atom stereocenters. The van der Waals surface area contributed by atoms with Crippen LogP contribution in [0.4, 0.5) is 0 Å². The van der Waals surface area contributed by atoms with E-state index in [1.807, 2.05) is 11.6 Å². The Bertz CT molecular complexity index is 344. The van der Waals surface area contributed by atoms with Crippen molar-refractivity contribution in [3.05, 3.63) is 16.9 Å². The van der Waals surface area contributed by atoms with E-state index in [9.17, 15) is 0 Å². The zero-order valence-electron chi connectivity index (χ0n) is 10.6. The predicted octanol–water partition coefficient (Wildman–Crippen LogP) is 3.16. The van der Waals surface area contributed by atoms with E-state index in [4.69, 9.17) is 11.6 Å². The van der Waals surface area contributed by atoms with Crippen molar-refractivity contribution < 1.29 is 0 Å². The second kappa shape index (κ2) is 6.41. The SMILES string of the molecule is Cc1c(Cl)cnn1CCCCCCNC1CC1. The molecule has 0 amide bonds. The van der Waals surface area contributed by atoms with Crippen molar-refractivity contribution in [2.45, 2.75) is 58.0 Å². The van der Waals surface area contributed by atoms with Crippen LogP contribution in [0.15, 0.2) is 6.20 Å². The number of unbranched alkanes of at least 4 members (excludes halogenated alkanes) is 3. The average Bonchev–Trinajstić information content (AvgIpc) is 3.09. The monoisotopic (exact) mass is 255 g/mol. The number of rotatable bonds is 8. The average molecular weight is 256 g/mol. The van der Waals surface area contributed by atoms with E-state index in [-0.39, 0.29) is 0 Å². The Kier molecular flexibility index (Phi) is 4.86. The normalized spacial score (nSPS) is 15.4. The summed E-state index contributed by atoms with van der Waals surface area (Å²) in [6, 6.07) is 0.851. The van der Waals surface area contributed by atoms with Crippen LogP contribution in [0, 0.1) is 6.92 Å². The van der Waals surface area contributed by atoms with Crippen molar-refractivity contribution in [3.8, 4) is 0 Å². The molecular formula is C13H22ClN3. The topological polar surface area (TPSA) is 29.9 Å². The van der Waals surface area contributed by atoms with Crippen LogP contribution < -0.4 is 5.32 Å². The number of nitrogens with one attached hydrogen (secondary N) is 1. The fourth-order valence-corrected chi connectivity index (χ4v) is 2.12. The van der Waals surface area contributed by atoms with Crippen LogP contribution in [0.3, 0.4) is 0 Å². The summed E-state index contributed by atoms with van der Waals surface area (Å²) in [5.74, 6) is 0. The Hall–Kier alpha value is -0.540. The summed E-state index contributed by atoms with van der Waals surface area (Å²) < 4.78 is 2.00. The van der Waals surface area contributed by atoms with Gasteiger partial charge < -0.3 is 5.32 Å². The lowest BCUT2D eigenvalue weighted by Gasteiger charge is -2.05. The molecule has 1 fully saturated rings. The van der Waals surface area contributed by atoms with Gasteiger partial charge in [0.1, 0.15) is 0 Å². The van der Waals surface area contributed by atoms with Crippen molar-refractivity contribution in [1.82, 2.24) is 15.1 Å². The summed E-state index contributed by atoms with van der Waals surface area (Å²) in [7, 11) is 0. The Morgan fingerprint density at radius 2 is 2.12 bits per heavy atom. The lowest BCUT2D eigenvalue weighted by Crippen LogP contribution is -2.17. The van der Waals surface area contributed by atoms with Gasteiger partial charge in [-0.05, 0) is 39.2 Å². The maximum atomic E-state index is 5.95. The molecule has 0 aromatic carbocycles. The van der Waals surface area contributed by atoms with Gasteiger partial charge in [0.05, 0.1) is 16.9 Å². The zero-order valence-corrected chi connectivity index (χ0v) is 11.3. The van der Waals surface area contributed by atoms with Gasteiger partial charge in [-0.2, -0.15) is 5.10 Å². The molecule has 96 valence electrons. The highest BCUT2D eigenvalue weighted by Crippen LogP contribution is 2.18. The van der Waals surface area contributed by atoms with Gasteiger partial charge in [-0.25, -0.2) is 0 Å². The fourth-order valence-electron chi connectivity index (χ4n) is 1.98. The van der Waals surface area contributed by atoms with Crippen molar-refractivity contribution >= 4 is 11.6 Å². The van der Waals surface area contributed by atoms with E-state index in [0.717, 1.165) is 23.3 Å². The van der Waals surface area contributed by atoms with Crippen molar-refractivity contribution in [3.63, 3.8) is 0 Å². The summed E-state index contributed by atoms with van der Waals surface area (Å²) in [5, 5.41) is 8.57. The first-order chi connectivity index (χ1) is 8.27. The third kappa shape index (κ3) is 4.32. The van der Waals surface area contributed by atoms with E-state index in [1.165, 1.54) is 45.1 Å². The Labute approximate surface area is 109 Å². The van der Waals surface area contributed by atoms with Gasteiger partial charge in [-0.15, -0.1) is 0 Å². The van der Waals surface area contributed by atoms with E-state index in [1.54, 1.807) is 6.20 Å². The smallest absolute Gasteiger partial charge is 0.0814 e. The zero-order chi connectivity index (χ0) is 12.1. The number of hydrogen-bond acceptors (Lipinski definition) is 2. The molecule has 2 rings (SSSR count). The van der Waals surface area contributed by atoms with E-state index < -0.39 is 0 Å². The number of aryl methyl sites for hydroxylation is 1. The van der Waals surface area contributed by atoms with Crippen LogP contribution >= 0.6 is 11.6 Å². The molecule has 1 aliphatic carbocycles. The van der Waals surface area contributed by atoms with E-state index >= 15 is 0 Å². The first-order valence-electron chi connectivity index (χ1n) is 6.68. The van der Waals surface area contributed by atoms with Crippen LogP contribution in [0.1, 0.15) is 44.2 Å². The van der Waals surface area contributed by atoms with Crippen LogP contribution in [0.5, 0.6) is 0 Å². The van der Waals surface area contributed by atoms with E-state index in [0.29, 0.717) is 0 Å².